The van der Waals surface area contributed by atoms with Crippen LogP contribution < -0.4 is 0 Å². The summed E-state index contributed by atoms with van der Waals surface area (Å²) in [5, 5.41) is 8.45. The van der Waals surface area contributed by atoms with Crippen LogP contribution in [0.5, 0.6) is 0 Å². The Morgan fingerprint density at radius 3 is 2.00 bits per heavy atom. The van der Waals surface area contributed by atoms with Crippen molar-refractivity contribution >= 4 is 12.0 Å². The van der Waals surface area contributed by atoms with E-state index in [0.29, 0.717) is 6.42 Å². The van der Waals surface area contributed by atoms with Gasteiger partial charge in [-0.2, -0.15) is 0 Å². The molecule has 1 aromatic carbocycles. The smallest absolute Gasteiger partial charge is 0.330 e. The molecule has 0 saturated carbocycles. The Morgan fingerprint density at radius 2 is 1.78 bits per heavy atom. The summed E-state index contributed by atoms with van der Waals surface area (Å²) in [6.45, 7) is 13.0. The van der Waals surface area contributed by atoms with Crippen LogP contribution in [0.4, 0.5) is 0 Å². The fourth-order valence-electron chi connectivity index (χ4n) is 1.30. The molecule has 0 aliphatic carbocycles. The van der Waals surface area contributed by atoms with Crippen LogP contribution >= 0.6 is 0 Å². The van der Waals surface area contributed by atoms with Crippen molar-refractivity contribution in [2.24, 2.45) is 5.41 Å². The highest BCUT2D eigenvalue weighted by molar-refractivity contribution is 5.85. The molecule has 0 heterocycles. The van der Waals surface area contributed by atoms with Crippen LogP contribution in [0.1, 0.15) is 32.8 Å². The first-order valence-corrected chi connectivity index (χ1v) is 5.85. The monoisotopic (exact) mass is 246 g/mol. The predicted octanol–water partition coefficient (Wildman–Crippen LogP) is 4.39. The van der Waals surface area contributed by atoms with Crippen molar-refractivity contribution < 1.29 is 9.90 Å². The molecule has 18 heavy (non-hydrogen) atoms. The van der Waals surface area contributed by atoms with Crippen LogP contribution in [0.2, 0.25) is 0 Å². The number of rotatable bonds is 3. The van der Waals surface area contributed by atoms with Gasteiger partial charge in [0.05, 0.1) is 0 Å². The van der Waals surface area contributed by atoms with Gasteiger partial charge in [-0.3, -0.25) is 0 Å². The molecule has 2 heteroatoms. The molecule has 0 saturated heterocycles. The zero-order valence-corrected chi connectivity index (χ0v) is 11.4. The highest BCUT2D eigenvalue weighted by atomic mass is 16.4. The molecule has 0 spiro atoms. The third kappa shape index (κ3) is 8.34. The van der Waals surface area contributed by atoms with Gasteiger partial charge in [0, 0.05) is 5.57 Å². The van der Waals surface area contributed by atoms with Crippen LogP contribution in [-0.4, -0.2) is 11.1 Å². The lowest BCUT2D eigenvalue weighted by Crippen LogP contribution is -2.10. The number of carbonyl (C=O) groups is 1. The molecule has 0 amide bonds. The number of carboxylic acids is 1. The molecule has 0 unspecified atom stereocenters. The van der Waals surface area contributed by atoms with Crippen molar-refractivity contribution in [2.75, 3.05) is 0 Å². The van der Waals surface area contributed by atoms with Crippen LogP contribution in [0.3, 0.4) is 0 Å². The fraction of sp³-hybridized carbons (Fsp3) is 0.312. The lowest BCUT2D eigenvalue weighted by atomic mass is 9.88. The highest BCUT2D eigenvalue weighted by Gasteiger charge is 2.15. The molecular weight excluding hydrogens is 224 g/mol. The van der Waals surface area contributed by atoms with Gasteiger partial charge in [-0.25, -0.2) is 4.79 Å². The molecule has 98 valence electrons. The number of hydrogen-bond acceptors (Lipinski definition) is 1. The Bertz CT molecular complexity index is 397. The average Bonchev–Trinajstić information content (AvgIpc) is 2.28. The molecule has 0 radical (unpaired) electrons. The quantitative estimate of drug-likeness (QED) is 0.803. The summed E-state index contributed by atoms with van der Waals surface area (Å²) in [6.07, 6.45) is 2.38. The standard InChI is InChI=1S/C8H14O2.C8H8/c1-6(7(9)10)5-8(2,3)4;1-2-8-6-4-3-5-7-8/h1,5H2,2-4H3,(H,9,10);2-7H,1H2. The van der Waals surface area contributed by atoms with Crippen molar-refractivity contribution in [1.29, 1.82) is 0 Å². The van der Waals surface area contributed by atoms with Crippen LogP contribution in [0.25, 0.3) is 6.08 Å². The summed E-state index contributed by atoms with van der Waals surface area (Å²) in [5.41, 5.74) is 1.48. The van der Waals surface area contributed by atoms with Crippen LogP contribution in [-0.2, 0) is 4.79 Å². The summed E-state index contributed by atoms with van der Waals surface area (Å²) in [7, 11) is 0. The second-order valence-corrected chi connectivity index (χ2v) is 5.26. The molecule has 0 atom stereocenters. The molecule has 1 aromatic rings. The van der Waals surface area contributed by atoms with Crippen molar-refractivity contribution in [3.05, 3.63) is 54.6 Å². The maximum absolute atomic E-state index is 10.3. The van der Waals surface area contributed by atoms with Crippen molar-refractivity contribution in [3.63, 3.8) is 0 Å². The SMILES string of the molecule is C=C(CC(C)(C)C)C(=O)O.C=Cc1ccccc1. The first kappa shape index (κ1) is 16.2. The van der Waals surface area contributed by atoms with E-state index in [1.54, 1.807) is 0 Å². The van der Waals surface area contributed by atoms with E-state index in [1.165, 1.54) is 5.56 Å². The molecule has 0 bridgehead atoms. The third-order valence-corrected chi connectivity index (χ3v) is 2.08. The minimum Gasteiger partial charge on any atom is -0.478 e. The molecular formula is C16H22O2. The zero-order chi connectivity index (χ0) is 14.2. The molecule has 1 rings (SSSR count). The topological polar surface area (TPSA) is 37.3 Å². The lowest BCUT2D eigenvalue weighted by Gasteiger charge is -2.17. The minimum absolute atomic E-state index is 0.0233. The Morgan fingerprint density at radius 1 is 1.28 bits per heavy atom. The third-order valence-electron chi connectivity index (χ3n) is 2.08. The molecule has 1 N–H and O–H groups in total. The number of carboxylic acid groups (broad SMARTS) is 1. The van der Waals surface area contributed by atoms with E-state index in [1.807, 2.05) is 57.2 Å². The first-order valence-electron chi connectivity index (χ1n) is 5.85. The summed E-state index contributed by atoms with van der Waals surface area (Å²) in [6, 6.07) is 10.0. The van der Waals surface area contributed by atoms with E-state index in [2.05, 4.69) is 13.2 Å². The summed E-state index contributed by atoms with van der Waals surface area (Å²) < 4.78 is 0. The van der Waals surface area contributed by atoms with Gasteiger partial charge in [-0.1, -0.05) is 70.3 Å². The highest BCUT2D eigenvalue weighted by Crippen LogP contribution is 2.22. The molecule has 0 fully saturated rings. The molecule has 2 nitrogen and oxygen atoms in total. The van der Waals surface area contributed by atoms with Gasteiger partial charge in [-0.15, -0.1) is 0 Å². The van der Waals surface area contributed by atoms with Crippen molar-refractivity contribution in [3.8, 4) is 0 Å². The van der Waals surface area contributed by atoms with E-state index in [4.69, 9.17) is 5.11 Å². The molecule has 0 aromatic heterocycles. The van der Waals surface area contributed by atoms with Gasteiger partial charge in [0.1, 0.15) is 0 Å². The number of hydrogen-bond donors (Lipinski definition) is 1. The Kier molecular flexibility index (Phi) is 6.73. The van der Waals surface area contributed by atoms with E-state index in [0.717, 1.165) is 0 Å². The van der Waals surface area contributed by atoms with E-state index in [9.17, 15) is 4.79 Å². The predicted molar refractivity (Wildman–Crippen MR) is 77.4 cm³/mol. The van der Waals surface area contributed by atoms with Crippen LogP contribution in [0, 0.1) is 5.41 Å². The van der Waals surface area contributed by atoms with Gasteiger partial charge in [0.25, 0.3) is 0 Å². The lowest BCUT2D eigenvalue weighted by molar-refractivity contribution is -0.133. The van der Waals surface area contributed by atoms with Gasteiger partial charge < -0.3 is 5.11 Å². The second-order valence-electron chi connectivity index (χ2n) is 5.26. The summed E-state index contributed by atoms with van der Waals surface area (Å²) >= 11 is 0. The van der Waals surface area contributed by atoms with Crippen LogP contribution in [0.15, 0.2) is 49.1 Å². The number of aliphatic carboxylic acids is 1. The average molecular weight is 246 g/mol. The summed E-state index contributed by atoms with van der Waals surface area (Å²) in [4.78, 5) is 10.3. The normalized spacial score (nSPS) is 9.94. The molecule has 0 aliphatic heterocycles. The van der Waals surface area contributed by atoms with Gasteiger partial charge in [0.2, 0.25) is 0 Å². The Hall–Kier alpha value is -1.83. The van der Waals surface area contributed by atoms with E-state index in [-0.39, 0.29) is 11.0 Å². The molecule has 0 aliphatic rings. The van der Waals surface area contributed by atoms with Gasteiger partial charge >= 0.3 is 5.97 Å². The second kappa shape index (κ2) is 7.49. The maximum atomic E-state index is 10.3. The minimum atomic E-state index is -0.894. The van der Waals surface area contributed by atoms with E-state index >= 15 is 0 Å². The Labute approximate surface area is 110 Å². The van der Waals surface area contributed by atoms with Gasteiger partial charge in [-0.05, 0) is 17.4 Å². The number of benzene rings is 1. The zero-order valence-electron chi connectivity index (χ0n) is 11.4. The first-order chi connectivity index (χ1) is 8.26. The maximum Gasteiger partial charge on any atom is 0.330 e. The Balaban J connectivity index is 0.000000327. The summed E-state index contributed by atoms with van der Waals surface area (Å²) in [5.74, 6) is -0.894. The van der Waals surface area contributed by atoms with Gasteiger partial charge in [0.15, 0.2) is 0 Å². The fourth-order valence-corrected chi connectivity index (χ4v) is 1.30. The van der Waals surface area contributed by atoms with E-state index < -0.39 is 5.97 Å². The largest absolute Gasteiger partial charge is 0.478 e. The van der Waals surface area contributed by atoms with Crippen molar-refractivity contribution in [1.82, 2.24) is 0 Å². The van der Waals surface area contributed by atoms with Crippen molar-refractivity contribution in [2.45, 2.75) is 27.2 Å².